The van der Waals surface area contributed by atoms with Gasteiger partial charge in [-0.2, -0.15) is 5.10 Å². The molecular weight excluding hydrogens is 456 g/mol. The van der Waals surface area contributed by atoms with E-state index in [4.69, 9.17) is 15.1 Å². The predicted molar refractivity (Wildman–Crippen MR) is 153 cm³/mol. The van der Waals surface area contributed by atoms with Crippen LogP contribution < -0.4 is 0 Å². The number of aliphatic imine (C=N–C) groups is 2. The van der Waals surface area contributed by atoms with Crippen LogP contribution in [0, 0.1) is 18.3 Å². The summed E-state index contributed by atoms with van der Waals surface area (Å²) in [4.78, 5) is 19.6. The molecule has 0 unspecified atom stereocenters. The molecule has 0 atom stereocenters. The Balaban J connectivity index is 1.64. The fourth-order valence-electron chi connectivity index (χ4n) is 5.91. The van der Waals surface area contributed by atoms with Crippen LogP contribution in [-0.2, 0) is 6.54 Å². The highest BCUT2D eigenvalue weighted by Crippen LogP contribution is 2.65. The van der Waals surface area contributed by atoms with E-state index >= 15 is 0 Å². The molecule has 0 spiro atoms. The second kappa shape index (κ2) is 9.66. The van der Waals surface area contributed by atoms with Crippen molar-refractivity contribution in [2.45, 2.75) is 65.5 Å². The average Bonchev–Trinajstić information content (AvgIpc) is 3.61. The number of nitrogens with zero attached hydrogens (tertiary/aromatic N) is 6. The Hall–Kier alpha value is -3.67. The van der Waals surface area contributed by atoms with E-state index in [1.165, 1.54) is 0 Å². The summed E-state index contributed by atoms with van der Waals surface area (Å²) in [5.74, 6) is 1.42. The third kappa shape index (κ3) is 4.28. The Labute approximate surface area is 220 Å². The van der Waals surface area contributed by atoms with Gasteiger partial charge < -0.3 is 0 Å². The van der Waals surface area contributed by atoms with E-state index in [0.29, 0.717) is 24.0 Å². The molecule has 0 amide bonds. The number of allylic oxidation sites excluding steroid dienone is 8. The van der Waals surface area contributed by atoms with Gasteiger partial charge in [-0.15, -0.1) is 0 Å². The summed E-state index contributed by atoms with van der Waals surface area (Å²) in [5, 5.41) is 4.72. The first kappa shape index (κ1) is 25.0. The largest absolute Gasteiger partial charge is 0.293 e. The molecule has 3 aliphatic rings. The minimum atomic E-state index is -0.0246. The molecule has 37 heavy (non-hydrogen) atoms. The van der Waals surface area contributed by atoms with Crippen molar-refractivity contribution in [1.82, 2.24) is 19.7 Å². The van der Waals surface area contributed by atoms with Gasteiger partial charge >= 0.3 is 0 Å². The van der Waals surface area contributed by atoms with Crippen molar-refractivity contribution >= 4 is 24.1 Å². The number of aryl methyl sites for hydroxylation is 1. The van der Waals surface area contributed by atoms with E-state index in [-0.39, 0.29) is 11.0 Å². The maximum atomic E-state index is 5.22. The molecule has 190 valence electrons. The fourth-order valence-corrected chi connectivity index (χ4v) is 5.91. The summed E-state index contributed by atoms with van der Waals surface area (Å²) < 4.78 is 1.89. The van der Waals surface area contributed by atoms with E-state index in [9.17, 15) is 0 Å². The lowest BCUT2D eigenvalue weighted by Crippen LogP contribution is -2.48. The second-order valence-electron chi connectivity index (χ2n) is 10.6. The lowest BCUT2D eigenvalue weighted by atomic mass is 9.61. The average molecular weight is 493 g/mol. The van der Waals surface area contributed by atoms with Gasteiger partial charge in [-0.25, -0.2) is 14.6 Å². The minimum Gasteiger partial charge on any atom is -0.293 e. The van der Waals surface area contributed by atoms with Crippen LogP contribution in [0.5, 0.6) is 0 Å². The van der Waals surface area contributed by atoms with Crippen molar-refractivity contribution in [3.63, 3.8) is 0 Å². The fraction of sp³-hybridized carbons (Fsp3) is 0.387. The molecule has 6 heteroatoms. The van der Waals surface area contributed by atoms with E-state index in [1.807, 2.05) is 36.9 Å². The molecule has 2 aromatic heterocycles. The summed E-state index contributed by atoms with van der Waals surface area (Å²) in [5.41, 5.74) is 6.37. The van der Waals surface area contributed by atoms with Gasteiger partial charge in [0.15, 0.2) is 5.82 Å². The zero-order valence-corrected chi connectivity index (χ0v) is 22.4. The Bertz CT molecular complexity index is 1390. The van der Waals surface area contributed by atoms with Gasteiger partial charge in [-0.05, 0) is 76.3 Å². The van der Waals surface area contributed by atoms with E-state index in [1.54, 1.807) is 6.08 Å². The first-order valence-corrected chi connectivity index (χ1v) is 13.2. The first-order chi connectivity index (χ1) is 17.9. The van der Waals surface area contributed by atoms with E-state index < -0.39 is 0 Å². The molecule has 1 aliphatic heterocycles. The number of fused-ring (bicyclic) bond motifs is 3. The van der Waals surface area contributed by atoms with Crippen LogP contribution in [0.1, 0.15) is 74.9 Å². The van der Waals surface area contributed by atoms with Crippen LogP contribution in [-0.4, -0.2) is 38.2 Å². The highest BCUT2D eigenvalue weighted by Gasteiger charge is 2.61. The summed E-state index contributed by atoms with van der Waals surface area (Å²) in [6, 6.07) is 2.06. The monoisotopic (exact) mass is 492 g/mol. The van der Waals surface area contributed by atoms with Gasteiger partial charge in [0.05, 0.1) is 41.1 Å². The van der Waals surface area contributed by atoms with Crippen LogP contribution in [0.3, 0.4) is 0 Å². The molecule has 0 N–H and O–H groups in total. The second-order valence-corrected chi connectivity index (χ2v) is 10.6. The molecule has 0 radical (unpaired) electrons. The Morgan fingerprint density at radius 1 is 1.11 bits per heavy atom. The van der Waals surface area contributed by atoms with Gasteiger partial charge in [0.1, 0.15) is 5.69 Å². The molecule has 2 aliphatic carbocycles. The Morgan fingerprint density at radius 3 is 2.43 bits per heavy atom. The number of rotatable bonds is 8. The molecule has 2 saturated carbocycles. The number of hydrogen-bond acceptors (Lipinski definition) is 5. The Kier molecular flexibility index (Phi) is 6.52. The summed E-state index contributed by atoms with van der Waals surface area (Å²) in [6.45, 7) is 16.8. The van der Waals surface area contributed by atoms with Crippen molar-refractivity contribution in [1.29, 1.82) is 0 Å². The maximum absolute atomic E-state index is 5.22. The lowest BCUT2D eigenvalue weighted by molar-refractivity contribution is 0.106. The molecule has 0 saturated heterocycles. The highest BCUT2D eigenvalue weighted by atomic mass is 15.3. The molecule has 5 rings (SSSR count). The lowest BCUT2D eigenvalue weighted by Gasteiger charge is -2.48. The minimum absolute atomic E-state index is 0.0246. The number of hydrogen-bond donors (Lipinski definition) is 0. The Morgan fingerprint density at radius 2 is 1.81 bits per heavy atom. The summed E-state index contributed by atoms with van der Waals surface area (Å²) in [6.07, 6.45) is 20.9. The van der Waals surface area contributed by atoms with Crippen molar-refractivity contribution in [3.8, 4) is 5.82 Å². The van der Waals surface area contributed by atoms with Crippen LogP contribution in [0.4, 0.5) is 0 Å². The predicted octanol–water partition coefficient (Wildman–Crippen LogP) is 6.66. The molecule has 0 aromatic carbocycles. The standard InChI is InChI=1S/C31H36N6/c1-7-10-11-23(8-2)27-28(35-29-26(34-27)20-33-19-25-16-22(5)36-37(25)29)24(9-3)12-13-30(14-15-30)31(32-6)17-21(4)18-31/h7-13,16,20-21H,1,6,14-15,17-19H2,2-5H3. The van der Waals surface area contributed by atoms with Crippen molar-refractivity contribution in [2.75, 3.05) is 0 Å². The van der Waals surface area contributed by atoms with Gasteiger partial charge in [-0.1, -0.05) is 56.0 Å². The zero-order chi connectivity index (χ0) is 26.2. The summed E-state index contributed by atoms with van der Waals surface area (Å²) >= 11 is 0. The molecule has 0 bridgehead atoms. The first-order valence-electron chi connectivity index (χ1n) is 13.2. The third-order valence-electron chi connectivity index (χ3n) is 8.03. The smallest absolute Gasteiger partial charge is 0.181 e. The normalized spacial score (nSPS) is 24.5. The van der Waals surface area contributed by atoms with E-state index in [0.717, 1.165) is 59.6 Å². The molecular formula is C31H36N6. The van der Waals surface area contributed by atoms with Crippen molar-refractivity contribution in [2.24, 2.45) is 21.3 Å². The van der Waals surface area contributed by atoms with Gasteiger partial charge in [0.2, 0.25) is 0 Å². The van der Waals surface area contributed by atoms with Crippen LogP contribution in [0.25, 0.3) is 17.0 Å². The topological polar surface area (TPSA) is 68.3 Å². The molecule has 3 heterocycles. The summed E-state index contributed by atoms with van der Waals surface area (Å²) in [7, 11) is 0. The van der Waals surface area contributed by atoms with Crippen molar-refractivity contribution < 1.29 is 0 Å². The van der Waals surface area contributed by atoms with Crippen LogP contribution in [0.15, 0.2) is 65.2 Å². The zero-order valence-electron chi connectivity index (χ0n) is 22.4. The van der Waals surface area contributed by atoms with Crippen molar-refractivity contribution in [3.05, 3.63) is 83.6 Å². The van der Waals surface area contributed by atoms with Gasteiger partial charge in [0, 0.05) is 5.41 Å². The molecule has 2 aromatic rings. The molecule has 6 nitrogen and oxygen atoms in total. The van der Waals surface area contributed by atoms with Gasteiger partial charge in [-0.3, -0.25) is 9.98 Å². The van der Waals surface area contributed by atoms with Gasteiger partial charge in [0.25, 0.3) is 0 Å². The quantitative estimate of drug-likeness (QED) is 0.306. The SMILES string of the molecule is C=CC=CC(=CC)c1nc2c(nc1C(C=CC1(C3(N=C)CC(C)C3)CC1)=CC)-n1nc(C)cc1CN=C2. The maximum Gasteiger partial charge on any atom is 0.181 e. The van der Waals surface area contributed by atoms with E-state index in [2.05, 4.69) is 67.5 Å². The van der Waals surface area contributed by atoms with Crippen LogP contribution >= 0.6 is 0 Å². The van der Waals surface area contributed by atoms with Crippen LogP contribution in [0.2, 0.25) is 0 Å². The highest BCUT2D eigenvalue weighted by molar-refractivity contribution is 5.88. The third-order valence-corrected chi connectivity index (χ3v) is 8.03. The molecule has 2 fully saturated rings. The number of aromatic nitrogens is 4.